The Balaban J connectivity index is 1.77. The summed E-state index contributed by atoms with van der Waals surface area (Å²) in [6.45, 7) is 4.54. The van der Waals surface area contributed by atoms with Crippen molar-refractivity contribution < 1.29 is 0 Å². The van der Waals surface area contributed by atoms with Crippen molar-refractivity contribution in [2.24, 2.45) is 0 Å². The average Bonchev–Trinajstić information content (AvgIpc) is 2.89. The van der Waals surface area contributed by atoms with Gasteiger partial charge in [-0.1, -0.05) is 41.7 Å². The largest absolute Gasteiger partial charge is 0.304 e. The van der Waals surface area contributed by atoms with Gasteiger partial charge in [0.25, 0.3) is 5.56 Å². The summed E-state index contributed by atoms with van der Waals surface area (Å²) in [7, 11) is 0. The number of aryl methyl sites for hydroxylation is 1. The Morgan fingerprint density at radius 2 is 2.10 bits per heavy atom. The highest BCUT2D eigenvalue weighted by atomic mass is 32.1. The predicted molar refractivity (Wildman–Crippen MR) is 83.6 cm³/mol. The number of fused-ring (bicyclic) bond motifs is 1. The number of benzene rings is 1. The Bertz CT molecular complexity index is 809. The van der Waals surface area contributed by atoms with Crippen molar-refractivity contribution >= 4 is 16.3 Å². The van der Waals surface area contributed by atoms with Crippen molar-refractivity contribution in [1.82, 2.24) is 19.9 Å². The second-order valence-electron chi connectivity index (χ2n) is 4.94. The molecule has 0 unspecified atom stereocenters. The third-order valence-electron chi connectivity index (χ3n) is 3.27. The van der Waals surface area contributed by atoms with Gasteiger partial charge in [-0.3, -0.25) is 4.79 Å². The van der Waals surface area contributed by atoms with Crippen molar-refractivity contribution in [3.63, 3.8) is 0 Å². The van der Waals surface area contributed by atoms with Crippen LogP contribution < -0.4 is 10.9 Å². The van der Waals surface area contributed by atoms with Crippen molar-refractivity contribution in [3.8, 4) is 0 Å². The first kappa shape index (κ1) is 13.9. The van der Waals surface area contributed by atoms with Crippen LogP contribution in [0, 0.1) is 6.92 Å². The van der Waals surface area contributed by atoms with E-state index in [1.807, 2.05) is 25.1 Å². The first-order valence-corrected chi connectivity index (χ1v) is 7.60. The van der Waals surface area contributed by atoms with Gasteiger partial charge in [0.1, 0.15) is 5.01 Å². The molecule has 0 fully saturated rings. The normalized spacial score (nSPS) is 12.7. The van der Waals surface area contributed by atoms with Crippen LogP contribution in [0.4, 0.5) is 0 Å². The lowest BCUT2D eigenvalue weighted by Crippen LogP contribution is -2.19. The van der Waals surface area contributed by atoms with Crippen LogP contribution in [0.2, 0.25) is 0 Å². The summed E-state index contributed by atoms with van der Waals surface area (Å²) in [6, 6.07) is 12.0. The molecule has 2 aromatic heterocycles. The lowest BCUT2D eigenvalue weighted by Gasteiger charge is -2.12. The van der Waals surface area contributed by atoms with E-state index in [2.05, 4.69) is 34.5 Å². The van der Waals surface area contributed by atoms with Gasteiger partial charge in [0.15, 0.2) is 0 Å². The van der Waals surface area contributed by atoms with Gasteiger partial charge in [0.2, 0.25) is 4.96 Å². The minimum Gasteiger partial charge on any atom is -0.304 e. The van der Waals surface area contributed by atoms with Gasteiger partial charge >= 0.3 is 0 Å². The maximum absolute atomic E-state index is 11.8. The minimum atomic E-state index is -0.129. The Kier molecular flexibility index (Phi) is 3.81. The van der Waals surface area contributed by atoms with Crippen LogP contribution in [0.15, 0.2) is 41.2 Å². The van der Waals surface area contributed by atoms with E-state index in [0.717, 1.165) is 10.7 Å². The molecule has 0 aliphatic rings. The van der Waals surface area contributed by atoms with E-state index in [-0.39, 0.29) is 11.6 Å². The van der Waals surface area contributed by atoms with Gasteiger partial charge in [-0.25, -0.2) is 4.98 Å². The quantitative estimate of drug-likeness (QED) is 0.803. The summed E-state index contributed by atoms with van der Waals surface area (Å²) in [4.78, 5) is 16.8. The molecule has 1 aromatic carbocycles. The van der Waals surface area contributed by atoms with Crippen LogP contribution >= 0.6 is 11.3 Å². The summed E-state index contributed by atoms with van der Waals surface area (Å²) >= 11 is 1.44. The van der Waals surface area contributed by atoms with E-state index in [1.54, 1.807) is 0 Å². The second kappa shape index (κ2) is 5.75. The summed E-state index contributed by atoms with van der Waals surface area (Å²) in [6.07, 6.45) is 0. The van der Waals surface area contributed by atoms with Crippen LogP contribution in [0.25, 0.3) is 4.96 Å². The van der Waals surface area contributed by atoms with E-state index < -0.39 is 0 Å². The van der Waals surface area contributed by atoms with E-state index >= 15 is 0 Å². The molecule has 0 bridgehead atoms. The van der Waals surface area contributed by atoms with Crippen LogP contribution in [-0.2, 0) is 6.54 Å². The standard InChI is InChI=1S/C15H16N4OS/c1-10-8-14(20)19-15(17-10)21-13(18-19)9-16-11(2)12-6-4-3-5-7-12/h3-8,11,16H,9H2,1-2H3/t11-/m0/s1. The molecule has 0 radical (unpaired) electrons. The van der Waals surface area contributed by atoms with Crippen LogP contribution in [0.5, 0.6) is 0 Å². The van der Waals surface area contributed by atoms with E-state index in [9.17, 15) is 4.79 Å². The SMILES string of the molecule is Cc1cc(=O)n2nc(CN[C@@H](C)c3ccccc3)sc2n1. The van der Waals surface area contributed by atoms with Crippen molar-refractivity contribution in [2.75, 3.05) is 0 Å². The molecule has 108 valence electrons. The van der Waals surface area contributed by atoms with Gasteiger partial charge in [-0.15, -0.1) is 0 Å². The number of hydrogen-bond acceptors (Lipinski definition) is 5. The lowest BCUT2D eigenvalue weighted by atomic mass is 10.1. The van der Waals surface area contributed by atoms with Gasteiger partial charge in [0, 0.05) is 17.8 Å². The van der Waals surface area contributed by atoms with Gasteiger partial charge < -0.3 is 5.32 Å². The second-order valence-corrected chi connectivity index (χ2v) is 5.98. The monoisotopic (exact) mass is 300 g/mol. The first-order valence-electron chi connectivity index (χ1n) is 6.78. The molecule has 6 heteroatoms. The highest BCUT2D eigenvalue weighted by Gasteiger charge is 2.09. The lowest BCUT2D eigenvalue weighted by molar-refractivity contribution is 0.569. The Morgan fingerprint density at radius 1 is 1.33 bits per heavy atom. The summed E-state index contributed by atoms with van der Waals surface area (Å²) in [5.41, 5.74) is 1.82. The molecule has 21 heavy (non-hydrogen) atoms. The first-order chi connectivity index (χ1) is 10.1. The zero-order valence-corrected chi connectivity index (χ0v) is 12.7. The van der Waals surface area contributed by atoms with Gasteiger partial charge in [-0.05, 0) is 19.4 Å². The molecule has 0 aliphatic carbocycles. The molecule has 0 spiro atoms. The van der Waals surface area contributed by atoms with E-state index in [4.69, 9.17) is 0 Å². The number of rotatable bonds is 4. The topological polar surface area (TPSA) is 59.3 Å². The van der Waals surface area contributed by atoms with Gasteiger partial charge in [0.05, 0.1) is 6.54 Å². The molecule has 0 aliphatic heterocycles. The van der Waals surface area contributed by atoms with Crippen molar-refractivity contribution in [2.45, 2.75) is 26.4 Å². The van der Waals surface area contributed by atoms with Gasteiger partial charge in [-0.2, -0.15) is 9.61 Å². The fraction of sp³-hybridized carbons (Fsp3) is 0.267. The Labute approximate surface area is 126 Å². The third-order valence-corrected chi connectivity index (χ3v) is 4.18. The zero-order chi connectivity index (χ0) is 14.8. The smallest absolute Gasteiger partial charge is 0.275 e. The van der Waals surface area contributed by atoms with Crippen LogP contribution in [0.1, 0.15) is 29.2 Å². The van der Waals surface area contributed by atoms with Crippen LogP contribution in [0.3, 0.4) is 0 Å². The summed E-state index contributed by atoms with van der Waals surface area (Å²) in [5.74, 6) is 0. The number of nitrogens with one attached hydrogen (secondary N) is 1. The third kappa shape index (κ3) is 3.01. The molecule has 2 heterocycles. The number of hydrogen-bond donors (Lipinski definition) is 1. The summed E-state index contributed by atoms with van der Waals surface area (Å²) < 4.78 is 1.36. The number of nitrogens with zero attached hydrogens (tertiary/aromatic N) is 3. The molecule has 3 rings (SSSR count). The fourth-order valence-electron chi connectivity index (χ4n) is 2.13. The predicted octanol–water partition coefficient (Wildman–Crippen LogP) is 2.31. The van der Waals surface area contributed by atoms with E-state index in [0.29, 0.717) is 11.5 Å². The maximum atomic E-state index is 11.8. The average molecular weight is 300 g/mol. The Morgan fingerprint density at radius 3 is 2.86 bits per heavy atom. The zero-order valence-electron chi connectivity index (χ0n) is 11.9. The fourth-order valence-corrected chi connectivity index (χ4v) is 3.03. The molecule has 0 saturated carbocycles. The number of aromatic nitrogens is 3. The minimum absolute atomic E-state index is 0.129. The summed E-state index contributed by atoms with van der Waals surface area (Å²) in [5, 5.41) is 8.59. The molecule has 0 amide bonds. The molecule has 5 nitrogen and oxygen atoms in total. The molecule has 1 N–H and O–H groups in total. The molecular formula is C15H16N4OS. The van der Waals surface area contributed by atoms with Crippen LogP contribution in [-0.4, -0.2) is 14.6 Å². The van der Waals surface area contributed by atoms with Crippen molar-refractivity contribution in [3.05, 3.63) is 63.0 Å². The Hall–Kier alpha value is -2.05. The highest BCUT2D eigenvalue weighted by Crippen LogP contribution is 2.15. The van der Waals surface area contributed by atoms with Crippen molar-refractivity contribution in [1.29, 1.82) is 0 Å². The highest BCUT2D eigenvalue weighted by molar-refractivity contribution is 7.16. The maximum Gasteiger partial charge on any atom is 0.275 e. The molecular weight excluding hydrogens is 284 g/mol. The molecule has 1 atom stereocenters. The molecule has 3 aromatic rings. The van der Waals surface area contributed by atoms with E-state index in [1.165, 1.54) is 27.5 Å². The molecule has 0 saturated heterocycles.